The maximum absolute atomic E-state index is 13.2. The number of halogens is 1. The van der Waals surface area contributed by atoms with Crippen LogP contribution in [0, 0.1) is 6.92 Å². The second-order valence-corrected chi connectivity index (χ2v) is 9.41. The Bertz CT molecular complexity index is 1070. The SMILES string of the molecule is Cc1ccc(N2C=C(C(=O)N3CCCCC3)S(=O)(=O)c3ccccc32)cc1Cl. The molecule has 0 aliphatic carbocycles. The Morgan fingerprint density at radius 1 is 1.04 bits per heavy atom. The van der Waals surface area contributed by atoms with Gasteiger partial charge in [0, 0.05) is 30.0 Å². The summed E-state index contributed by atoms with van der Waals surface area (Å²) in [6.07, 6.45) is 4.29. The molecule has 146 valence electrons. The van der Waals surface area contributed by atoms with Gasteiger partial charge in [-0.05, 0) is 56.0 Å². The van der Waals surface area contributed by atoms with Crippen molar-refractivity contribution in [2.24, 2.45) is 0 Å². The molecule has 4 rings (SSSR count). The Hall–Kier alpha value is -2.31. The number of anilines is 2. The van der Waals surface area contributed by atoms with Gasteiger partial charge in [-0.25, -0.2) is 8.42 Å². The van der Waals surface area contributed by atoms with Crippen molar-refractivity contribution < 1.29 is 13.2 Å². The highest BCUT2D eigenvalue weighted by atomic mass is 35.5. The fraction of sp³-hybridized carbons (Fsp3) is 0.286. The molecular formula is C21H21ClN2O3S. The van der Waals surface area contributed by atoms with Crippen LogP contribution in [-0.2, 0) is 14.6 Å². The summed E-state index contributed by atoms with van der Waals surface area (Å²) in [5.41, 5.74) is 2.15. The summed E-state index contributed by atoms with van der Waals surface area (Å²) in [7, 11) is -3.90. The highest BCUT2D eigenvalue weighted by Gasteiger charge is 2.37. The predicted octanol–water partition coefficient (Wildman–Crippen LogP) is 4.43. The molecule has 2 heterocycles. The third-order valence-electron chi connectivity index (χ3n) is 5.24. The number of hydrogen-bond donors (Lipinski definition) is 0. The number of amides is 1. The quantitative estimate of drug-likeness (QED) is 0.726. The van der Waals surface area contributed by atoms with E-state index in [2.05, 4.69) is 0 Å². The Morgan fingerprint density at radius 3 is 2.46 bits per heavy atom. The molecule has 1 amide bonds. The van der Waals surface area contributed by atoms with E-state index in [1.54, 1.807) is 40.1 Å². The van der Waals surface area contributed by atoms with Crippen LogP contribution < -0.4 is 4.90 Å². The van der Waals surface area contributed by atoms with Gasteiger partial charge in [-0.3, -0.25) is 4.79 Å². The number of aryl methyl sites for hydroxylation is 1. The fourth-order valence-electron chi connectivity index (χ4n) is 3.63. The zero-order valence-corrected chi connectivity index (χ0v) is 17.1. The average molecular weight is 417 g/mol. The van der Waals surface area contributed by atoms with Crippen LogP contribution in [0.15, 0.2) is 58.5 Å². The minimum absolute atomic E-state index is 0.134. The molecular weight excluding hydrogens is 396 g/mol. The van der Waals surface area contributed by atoms with E-state index in [1.807, 2.05) is 19.1 Å². The van der Waals surface area contributed by atoms with Crippen molar-refractivity contribution in [3.63, 3.8) is 0 Å². The van der Waals surface area contributed by atoms with Crippen molar-refractivity contribution in [1.29, 1.82) is 0 Å². The molecule has 0 saturated carbocycles. The lowest BCUT2D eigenvalue weighted by Crippen LogP contribution is -2.39. The first-order valence-electron chi connectivity index (χ1n) is 9.30. The van der Waals surface area contributed by atoms with Crippen molar-refractivity contribution >= 4 is 38.7 Å². The van der Waals surface area contributed by atoms with Gasteiger partial charge >= 0.3 is 0 Å². The lowest BCUT2D eigenvalue weighted by Gasteiger charge is -2.32. The molecule has 2 aromatic carbocycles. The van der Waals surface area contributed by atoms with Gasteiger partial charge in [0.1, 0.15) is 0 Å². The van der Waals surface area contributed by atoms with E-state index in [0.717, 1.165) is 24.8 Å². The van der Waals surface area contributed by atoms with Crippen molar-refractivity contribution in [3.8, 4) is 0 Å². The largest absolute Gasteiger partial charge is 0.338 e. The standard InChI is InChI=1S/C21H21ClN2O3S/c1-15-9-10-16(13-17(15)22)24-14-20(21(25)23-11-5-2-6-12-23)28(26,27)19-8-4-3-7-18(19)24/h3-4,7-10,13-14H,2,5-6,11-12H2,1H3. The van der Waals surface area contributed by atoms with Crippen molar-refractivity contribution in [3.05, 3.63) is 64.2 Å². The third-order valence-corrected chi connectivity index (χ3v) is 7.43. The highest BCUT2D eigenvalue weighted by Crippen LogP contribution is 2.40. The molecule has 7 heteroatoms. The fourth-order valence-corrected chi connectivity index (χ4v) is 5.34. The van der Waals surface area contributed by atoms with Crippen molar-refractivity contribution in [1.82, 2.24) is 4.90 Å². The molecule has 0 unspecified atom stereocenters. The first-order chi connectivity index (χ1) is 13.4. The zero-order valence-electron chi connectivity index (χ0n) is 15.6. The summed E-state index contributed by atoms with van der Waals surface area (Å²) in [5, 5.41) is 0.584. The molecule has 28 heavy (non-hydrogen) atoms. The molecule has 0 spiro atoms. The van der Waals surface area contributed by atoms with Gasteiger partial charge in [-0.2, -0.15) is 0 Å². The third kappa shape index (κ3) is 3.20. The number of rotatable bonds is 2. The van der Waals surface area contributed by atoms with Crippen LogP contribution in [-0.4, -0.2) is 32.3 Å². The molecule has 0 N–H and O–H groups in total. The number of benzene rings is 2. The Balaban J connectivity index is 1.86. The lowest BCUT2D eigenvalue weighted by atomic mass is 10.1. The van der Waals surface area contributed by atoms with E-state index in [-0.39, 0.29) is 9.80 Å². The maximum Gasteiger partial charge on any atom is 0.267 e. The highest BCUT2D eigenvalue weighted by molar-refractivity contribution is 7.96. The zero-order chi connectivity index (χ0) is 19.9. The second kappa shape index (κ2) is 7.26. The molecule has 1 fully saturated rings. The van der Waals surface area contributed by atoms with Crippen LogP contribution in [0.1, 0.15) is 24.8 Å². The van der Waals surface area contributed by atoms with Crippen molar-refractivity contribution in [2.45, 2.75) is 31.1 Å². The summed E-state index contributed by atoms with van der Waals surface area (Å²) in [6, 6.07) is 12.3. The Morgan fingerprint density at radius 2 is 1.75 bits per heavy atom. The van der Waals surface area contributed by atoms with Gasteiger partial charge < -0.3 is 9.80 Å². The first-order valence-corrected chi connectivity index (χ1v) is 11.2. The average Bonchev–Trinajstić information content (AvgIpc) is 2.71. The Kier molecular flexibility index (Phi) is 4.93. The van der Waals surface area contributed by atoms with E-state index in [4.69, 9.17) is 11.6 Å². The molecule has 0 radical (unpaired) electrons. The van der Waals surface area contributed by atoms with Crippen LogP contribution in [0.2, 0.25) is 5.02 Å². The van der Waals surface area contributed by atoms with E-state index in [0.29, 0.717) is 29.5 Å². The van der Waals surface area contributed by atoms with Gasteiger partial charge in [-0.1, -0.05) is 29.8 Å². The van der Waals surface area contributed by atoms with E-state index in [1.165, 1.54) is 6.20 Å². The maximum atomic E-state index is 13.2. The summed E-state index contributed by atoms with van der Waals surface area (Å²) in [6.45, 7) is 3.08. The number of nitrogens with zero attached hydrogens (tertiary/aromatic N) is 2. The predicted molar refractivity (Wildman–Crippen MR) is 110 cm³/mol. The second-order valence-electron chi connectivity index (χ2n) is 7.12. The number of sulfone groups is 1. The summed E-state index contributed by atoms with van der Waals surface area (Å²) in [5.74, 6) is -0.433. The molecule has 0 bridgehead atoms. The molecule has 2 aliphatic heterocycles. The number of carbonyl (C=O) groups is 1. The number of fused-ring (bicyclic) bond motifs is 1. The number of para-hydroxylation sites is 1. The summed E-state index contributed by atoms with van der Waals surface area (Å²) < 4.78 is 26.4. The minimum atomic E-state index is -3.90. The minimum Gasteiger partial charge on any atom is -0.338 e. The van der Waals surface area contributed by atoms with Gasteiger partial charge in [0.2, 0.25) is 9.84 Å². The molecule has 1 saturated heterocycles. The number of likely N-dealkylation sites (tertiary alicyclic amines) is 1. The normalized spacial score (nSPS) is 18.4. The lowest BCUT2D eigenvalue weighted by molar-refractivity contribution is -0.127. The van der Waals surface area contributed by atoms with Gasteiger partial charge in [-0.15, -0.1) is 0 Å². The van der Waals surface area contributed by atoms with Crippen LogP contribution in [0.5, 0.6) is 0 Å². The van der Waals surface area contributed by atoms with E-state index in [9.17, 15) is 13.2 Å². The topological polar surface area (TPSA) is 57.7 Å². The van der Waals surface area contributed by atoms with Crippen LogP contribution in [0.25, 0.3) is 0 Å². The van der Waals surface area contributed by atoms with Crippen LogP contribution in [0.3, 0.4) is 0 Å². The first kappa shape index (κ1) is 19.0. The summed E-state index contributed by atoms with van der Waals surface area (Å²) >= 11 is 6.30. The van der Waals surface area contributed by atoms with E-state index < -0.39 is 15.7 Å². The van der Waals surface area contributed by atoms with Crippen molar-refractivity contribution in [2.75, 3.05) is 18.0 Å². The number of hydrogen-bond acceptors (Lipinski definition) is 4. The smallest absolute Gasteiger partial charge is 0.267 e. The van der Waals surface area contributed by atoms with Gasteiger partial charge in [0.15, 0.2) is 4.91 Å². The number of piperidine rings is 1. The molecule has 5 nitrogen and oxygen atoms in total. The van der Waals surface area contributed by atoms with E-state index >= 15 is 0 Å². The van der Waals surface area contributed by atoms with Crippen LogP contribution >= 0.6 is 11.6 Å². The molecule has 0 aromatic heterocycles. The monoisotopic (exact) mass is 416 g/mol. The molecule has 0 atom stereocenters. The van der Waals surface area contributed by atoms with Gasteiger partial charge in [0.05, 0.1) is 10.6 Å². The molecule has 2 aliphatic rings. The Labute approximate surface area is 170 Å². The molecule has 2 aromatic rings. The number of carbonyl (C=O) groups excluding carboxylic acids is 1. The van der Waals surface area contributed by atoms with Crippen LogP contribution in [0.4, 0.5) is 11.4 Å². The van der Waals surface area contributed by atoms with Gasteiger partial charge in [0.25, 0.3) is 5.91 Å². The summed E-state index contributed by atoms with van der Waals surface area (Å²) in [4.78, 5) is 16.4.